The van der Waals surface area contributed by atoms with E-state index in [0.29, 0.717) is 5.69 Å². The lowest BCUT2D eigenvalue weighted by atomic mass is 9.80. The van der Waals surface area contributed by atoms with Gasteiger partial charge in [0.1, 0.15) is 5.76 Å². The normalized spacial score (nSPS) is 24.1. The molecule has 0 heterocycles. The van der Waals surface area contributed by atoms with Crippen molar-refractivity contribution in [2.75, 3.05) is 5.32 Å². The van der Waals surface area contributed by atoms with Gasteiger partial charge in [0, 0.05) is 22.0 Å². The summed E-state index contributed by atoms with van der Waals surface area (Å²) in [5.74, 6) is -0.570. The number of Topliss-reactive ketones (excluding diaryl/α,β-unsaturated/α-hetero) is 1. The van der Waals surface area contributed by atoms with Crippen LogP contribution in [0.15, 0.2) is 50.4 Å². The van der Waals surface area contributed by atoms with Gasteiger partial charge in [0.05, 0.1) is 0 Å². The molecular formula is C16H16BrN3O3. The second kappa shape index (κ2) is 6.62. The van der Waals surface area contributed by atoms with Crippen molar-refractivity contribution >= 4 is 33.4 Å². The summed E-state index contributed by atoms with van der Waals surface area (Å²) in [5, 5.41) is 19.9. The number of aliphatic hydroxyl groups is 1. The molecule has 6 nitrogen and oxygen atoms in total. The number of ketones is 1. The lowest BCUT2D eigenvalue weighted by Gasteiger charge is -2.23. The molecule has 2 atom stereocenters. The molecule has 1 aromatic carbocycles. The molecule has 0 aliphatic heterocycles. The Morgan fingerprint density at radius 2 is 1.83 bits per heavy atom. The molecule has 0 spiro atoms. The van der Waals surface area contributed by atoms with Crippen LogP contribution in [-0.2, 0) is 4.79 Å². The largest absolute Gasteiger partial charge is 0.510 e. The van der Waals surface area contributed by atoms with Crippen LogP contribution in [-0.4, -0.2) is 16.9 Å². The second-order valence-corrected chi connectivity index (χ2v) is 6.65. The maximum absolute atomic E-state index is 12.2. The first kappa shape index (κ1) is 15.9. The van der Waals surface area contributed by atoms with Gasteiger partial charge in [-0.3, -0.25) is 4.79 Å². The number of halogens is 1. The smallest absolute Gasteiger partial charge is 0.364 e. The molecule has 2 aliphatic rings. The molecule has 7 heteroatoms. The van der Waals surface area contributed by atoms with Gasteiger partial charge < -0.3 is 10.4 Å². The molecule has 1 fully saturated rings. The standard InChI is InChI=1S/C16H16BrN3O3/c17-9-5-7-10(8-6-9)18-16(23)20-19-13-14(21)11-3-1-2-4-12(11)15(13)22/h5-8,11-12,21H,1-4H2,(H,18,23). The Morgan fingerprint density at radius 1 is 1.17 bits per heavy atom. The van der Waals surface area contributed by atoms with Crippen LogP contribution in [0.1, 0.15) is 25.7 Å². The number of amides is 2. The molecule has 2 amide bonds. The number of urea groups is 1. The van der Waals surface area contributed by atoms with Gasteiger partial charge in [-0.2, -0.15) is 0 Å². The zero-order valence-electron chi connectivity index (χ0n) is 12.3. The Labute approximate surface area is 141 Å². The lowest BCUT2D eigenvalue weighted by molar-refractivity contribution is -0.120. The van der Waals surface area contributed by atoms with Crippen LogP contribution < -0.4 is 5.32 Å². The van der Waals surface area contributed by atoms with E-state index in [1.165, 1.54) is 0 Å². The highest BCUT2D eigenvalue weighted by molar-refractivity contribution is 9.10. The van der Waals surface area contributed by atoms with Crippen molar-refractivity contribution < 1.29 is 14.7 Å². The van der Waals surface area contributed by atoms with Gasteiger partial charge >= 0.3 is 6.03 Å². The number of hydrogen-bond donors (Lipinski definition) is 2. The van der Waals surface area contributed by atoms with Gasteiger partial charge in [0.25, 0.3) is 0 Å². The number of carbonyl (C=O) groups is 2. The Kier molecular flexibility index (Phi) is 4.56. The van der Waals surface area contributed by atoms with Gasteiger partial charge in [-0.15, -0.1) is 5.11 Å². The SMILES string of the molecule is O=C(N=NC1=C(O)C2CCCCC2C1=O)Nc1ccc(Br)cc1. The zero-order valence-corrected chi connectivity index (χ0v) is 13.9. The first-order valence-corrected chi connectivity index (χ1v) is 8.31. The third kappa shape index (κ3) is 3.34. The van der Waals surface area contributed by atoms with Crippen molar-refractivity contribution in [2.24, 2.45) is 22.1 Å². The maximum atomic E-state index is 12.2. The summed E-state index contributed by atoms with van der Waals surface area (Å²) in [4.78, 5) is 24.0. The number of fused-ring (bicyclic) bond motifs is 1. The van der Waals surface area contributed by atoms with Crippen molar-refractivity contribution in [3.05, 3.63) is 40.2 Å². The summed E-state index contributed by atoms with van der Waals surface area (Å²) in [7, 11) is 0. The van der Waals surface area contributed by atoms with Crippen molar-refractivity contribution in [2.45, 2.75) is 25.7 Å². The monoisotopic (exact) mass is 377 g/mol. The zero-order chi connectivity index (χ0) is 16.4. The molecule has 2 N–H and O–H groups in total. The van der Waals surface area contributed by atoms with E-state index in [1.54, 1.807) is 24.3 Å². The highest BCUT2D eigenvalue weighted by Gasteiger charge is 2.43. The summed E-state index contributed by atoms with van der Waals surface area (Å²) >= 11 is 3.30. The molecule has 2 aliphatic carbocycles. The van der Waals surface area contributed by atoms with E-state index in [1.807, 2.05) is 0 Å². The topological polar surface area (TPSA) is 91.1 Å². The molecule has 23 heavy (non-hydrogen) atoms. The molecule has 2 unspecified atom stereocenters. The number of aliphatic hydroxyl groups excluding tert-OH is 1. The molecule has 0 bridgehead atoms. The van der Waals surface area contributed by atoms with Crippen molar-refractivity contribution in [3.8, 4) is 0 Å². The van der Waals surface area contributed by atoms with Crippen LogP contribution in [0.5, 0.6) is 0 Å². The molecule has 0 aromatic heterocycles. The number of benzene rings is 1. The molecule has 3 rings (SSSR count). The average Bonchev–Trinajstić information content (AvgIpc) is 2.80. The Morgan fingerprint density at radius 3 is 2.48 bits per heavy atom. The third-order valence-corrected chi connectivity index (χ3v) is 4.79. The van der Waals surface area contributed by atoms with Crippen molar-refractivity contribution in [1.82, 2.24) is 0 Å². The second-order valence-electron chi connectivity index (χ2n) is 5.73. The molecule has 1 aromatic rings. The predicted molar refractivity (Wildman–Crippen MR) is 88.1 cm³/mol. The number of carbonyl (C=O) groups excluding carboxylic acids is 2. The summed E-state index contributed by atoms with van der Waals surface area (Å²) in [5.41, 5.74) is 0.509. The van der Waals surface area contributed by atoms with Crippen LogP contribution in [0.3, 0.4) is 0 Å². The molecular weight excluding hydrogens is 362 g/mol. The van der Waals surface area contributed by atoms with E-state index in [2.05, 4.69) is 31.5 Å². The summed E-state index contributed by atoms with van der Waals surface area (Å²) in [6, 6.07) is 6.31. The average molecular weight is 378 g/mol. The van der Waals surface area contributed by atoms with E-state index < -0.39 is 6.03 Å². The molecule has 1 saturated carbocycles. The number of rotatable bonds is 2. The lowest BCUT2D eigenvalue weighted by Crippen LogP contribution is -2.21. The van der Waals surface area contributed by atoms with E-state index in [-0.39, 0.29) is 29.1 Å². The summed E-state index contributed by atoms with van der Waals surface area (Å²) < 4.78 is 0.895. The fourth-order valence-electron chi connectivity index (χ4n) is 3.13. The van der Waals surface area contributed by atoms with Crippen LogP contribution in [0.25, 0.3) is 0 Å². The fraction of sp³-hybridized carbons (Fsp3) is 0.375. The number of allylic oxidation sites excluding steroid dienone is 2. The summed E-state index contributed by atoms with van der Waals surface area (Å²) in [6.45, 7) is 0. The molecule has 0 saturated heterocycles. The van der Waals surface area contributed by atoms with E-state index >= 15 is 0 Å². The first-order chi connectivity index (χ1) is 11.1. The minimum absolute atomic E-state index is 0.0140. The van der Waals surface area contributed by atoms with Gasteiger partial charge in [0.2, 0.25) is 0 Å². The van der Waals surface area contributed by atoms with E-state index in [9.17, 15) is 14.7 Å². The van der Waals surface area contributed by atoms with Gasteiger partial charge in [-0.1, -0.05) is 33.9 Å². The minimum Gasteiger partial charge on any atom is -0.510 e. The van der Waals surface area contributed by atoms with Gasteiger partial charge in [0.15, 0.2) is 11.5 Å². The minimum atomic E-state index is -0.685. The number of azo groups is 1. The predicted octanol–water partition coefficient (Wildman–Crippen LogP) is 4.59. The van der Waals surface area contributed by atoms with Crippen LogP contribution in [0, 0.1) is 11.8 Å². The van der Waals surface area contributed by atoms with Crippen molar-refractivity contribution in [3.63, 3.8) is 0 Å². The Balaban J connectivity index is 1.69. The number of anilines is 1. The Bertz CT molecular complexity index is 697. The highest BCUT2D eigenvalue weighted by atomic mass is 79.9. The number of hydrogen-bond acceptors (Lipinski definition) is 4. The highest BCUT2D eigenvalue weighted by Crippen LogP contribution is 2.42. The van der Waals surface area contributed by atoms with Crippen molar-refractivity contribution in [1.29, 1.82) is 0 Å². The third-order valence-electron chi connectivity index (χ3n) is 4.27. The van der Waals surface area contributed by atoms with Crippen LogP contribution in [0.4, 0.5) is 10.5 Å². The van der Waals surface area contributed by atoms with Gasteiger partial charge in [-0.05, 0) is 37.1 Å². The fourth-order valence-corrected chi connectivity index (χ4v) is 3.39. The molecule has 0 radical (unpaired) electrons. The van der Waals surface area contributed by atoms with E-state index in [0.717, 1.165) is 30.2 Å². The maximum Gasteiger partial charge on any atom is 0.364 e. The quantitative estimate of drug-likeness (QED) is 0.738. The number of nitrogens with one attached hydrogen (secondary N) is 1. The van der Waals surface area contributed by atoms with Crippen LogP contribution in [0.2, 0.25) is 0 Å². The van der Waals surface area contributed by atoms with E-state index in [4.69, 9.17) is 0 Å². The summed E-state index contributed by atoms with van der Waals surface area (Å²) in [6.07, 6.45) is 3.52. The van der Waals surface area contributed by atoms with Gasteiger partial charge in [-0.25, -0.2) is 4.79 Å². The Hall–Kier alpha value is -2.02. The molecule has 120 valence electrons. The number of nitrogens with zero attached hydrogens (tertiary/aromatic N) is 2. The first-order valence-electron chi connectivity index (χ1n) is 7.52. The van der Waals surface area contributed by atoms with Crippen LogP contribution >= 0.6 is 15.9 Å².